The number of nitrogens with zero attached hydrogens (tertiary/aromatic N) is 3. The van der Waals surface area contributed by atoms with Crippen molar-refractivity contribution in [3.05, 3.63) is 77.1 Å². The summed E-state index contributed by atoms with van der Waals surface area (Å²) < 4.78 is 15.5. The van der Waals surface area contributed by atoms with Crippen LogP contribution in [0.5, 0.6) is 0 Å². The van der Waals surface area contributed by atoms with Gasteiger partial charge in [0.25, 0.3) is 0 Å². The van der Waals surface area contributed by atoms with Gasteiger partial charge in [-0.1, -0.05) is 11.6 Å². The van der Waals surface area contributed by atoms with E-state index in [9.17, 15) is 9.18 Å². The Hall–Kier alpha value is -3.17. The number of benzene rings is 2. The van der Waals surface area contributed by atoms with Gasteiger partial charge in [0.1, 0.15) is 5.82 Å². The molecule has 1 amide bonds. The molecule has 1 N–H and O–H groups in total. The minimum absolute atomic E-state index is 0.165. The zero-order chi connectivity index (χ0) is 19.6. The van der Waals surface area contributed by atoms with Gasteiger partial charge >= 0.3 is 0 Å². The maximum absolute atomic E-state index is 13.8. The summed E-state index contributed by atoms with van der Waals surface area (Å²) in [5.74, 6) is -0.902. The third-order valence-corrected chi connectivity index (χ3v) is 4.61. The Balaban J connectivity index is 1.85. The van der Waals surface area contributed by atoms with E-state index in [0.29, 0.717) is 16.3 Å². The second-order valence-corrected chi connectivity index (χ2v) is 6.96. The molecule has 1 aromatic heterocycles. The summed E-state index contributed by atoms with van der Waals surface area (Å²) in [4.78, 5) is 16.8. The normalized spacial score (nSPS) is 11.1. The van der Waals surface area contributed by atoms with E-state index in [1.807, 2.05) is 6.07 Å². The molecule has 0 aliphatic heterocycles. The van der Waals surface area contributed by atoms with Crippen LogP contribution in [0, 0.1) is 17.1 Å². The van der Waals surface area contributed by atoms with E-state index < -0.39 is 11.2 Å². The van der Waals surface area contributed by atoms with Crippen LogP contribution in [0.1, 0.15) is 25.0 Å². The highest BCUT2D eigenvalue weighted by Crippen LogP contribution is 2.29. The van der Waals surface area contributed by atoms with Gasteiger partial charge in [0.2, 0.25) is 5.91 Å². The average Bonchev–Trinajstić information content (AvgIpc) is 3.15. The molecular formula is C20H16ClFN4O. The van der Waals surface area contributed by atoms with Crippen LogP contribution in [-0.4, -0.2) is 15.5 Å². The molecule has 5 nitrogen and oxygen atoms in total. The molecule has 0 saturated carbocycles. The topological polar surface area (TPSA) is 70.7 Å². The van der Waals surface area contributed by atoms with Gasteiger partial charge in [-0.25, -0.2) is 9.37 Å². The van der Waals surface area contributed by atoms with Crippen LogP contribution in [-0.2, 0) is 10.2 Å². The molecule has 136 valence electrons. The Morgan fingerprint density at radius 2 is 2.07 bits per heavy atom. The van der Waals surface area contributed by atoms with Crippen molar-refractivity contribution in [3.63, 3.8) is 0 Å². The van der Waals surface area contributed by atoms with Gasteiger partial charge in [-0.05, 0) is 55.8 Å². The zero-order valence-corrected chi connectivity index (χ0v) is 15.5. The largest absolute Gasteiger partial charge is 0.325 e. The number of aromatic nitrogens is 2. The highest BCUT2D eigenvalue weighted by molar-refractivity contribution is 6.32. The number of rotatable bonds is 4. The van der Waals surface area contributed by atoms with Gasteiger partial charge in [-0.3, -0.25) is 4.79 Å². The number of imidazole rings is 1. The van der Waals surface area contributed by atoms with Crippen molar-refractivity contribution in [3.8, 4) is 11.8 Å². The summed E-state index contributed by atoms with van der Waals surface area (Å²) in [6, 6.07) is 10.9. The number of nitrogens with one attached hydrogen (secondary N) is 1. The van der Waals surface area contributed by atoms with Crippen LogP contribution in [0.15, 0.2) is 55.1 Å². The lowest BCUT2D eigenvalue weighted by Crippen LogP contribution is -2.35. The zero-order valence-electron chi connectivity index (χ0n) is 14.7. The Morgan fingerprint density at radius 1 is 1.30 bits per heavy atom. The van der Waals surface area contributed by atoms with Crippen molar-refractivity contribution in [1.82, 2.24) is 9.55 Å². The highest BCUT2D eigenvalue weighted by Gasteiger charge is 2.31. The molecule has 0 spiro atoms. The van der Waals surface area contributed by atoms with E-state index in [1.165, 1.54) is 12.1 Å². The lowest BCUT2D eigenvalue weighted by atomic mass is 9.83. The number of hydrogen-bond donors (Lipinski definition) is 1. The Kier molecular flexibility index (Phi) is 4.98. The predicted molar refractivity (Wildman–Crippen MR) is 101 cm³/mol. The van der Waals surface area contributed by atoms with E-state index >= 15 is 0 Å². The molecule has 0 radical (unpaired) electrons. The average molecular weight is 383 g/mol. The summed E-state index contributed by atoms with van der Waals surface area (Å²) in [5, 5.41) is 12.3. The Labute approximate surface area is 161 Å². The third-order valence-electron chi connectivity index (χ3n) is 4.30. The lowest BCUT2D eigenvalue weighted by molar-refractivity contribution is -0.120. The van der Waals surface area contributed by atoms with Crippen molar-refractivity contribution in [2.24, 2.45) is 0 Å². The molecule has 7 heteroatoms. The lowest BCUT2D eigenvalue weighted by Gasteiger charge is -2.24. The van der Waals surface area contributed by atoms with E-state index in [2.05, 4.69) is 10.3 Å². The number of anilines is 1. The quantitative estimate of drug-likeness (QED) is 0.724. The van der Waals surface area contributed by atoms with Crippen LogP contribution in [0.3, 0.4) is 0 Å². The smallest absolute Gasteiger partial charge is 0.234 e. The predicted octanol–water partition coefficient (Wildman–Crippen LogP) is 4.45. The van der Waals surface area contributed by atoms with Crippen molar-refractivity contribution in [2.45, 2.75) is 19.3 Å². The Bertz CT molecular complexity index is 1040. The van der Waals surface area contributed by atoms with E-state index in [0.717, 1.165) is 11.8 Å². The summed E-state index contributed by atoms with van der Waals surface area (Å²) in [7, 11) is 0. The maximum Gasteiger partial charge on any atom is 0.234 e. The molecule has 1 heterocycles. The molecule has 0 aliphatic rings. The molecule has 0 aliphatic carbocycles. The second kappa shape index (κ2) is 7.22. The minimum Gasteiger partial charge on any atom is -0.325 e. The van der Waals surface area contributed by atoms with Crippen LogP contribution < -0.4 is 5.32 Å². The van der Waals surface area contributed by atoms with Gasteiger partial charge in [-0.2, -0.15) is 5.26 Å². The van der Waals surface area contributed by atoms with Gasteiger partial charge < -0.3 is 9.88 Å². The Morgan fingerprint density at radius 3 is 2.70 bits per heavy atom. The van der Waals surface area contributed by atoms with Gasteiger partial charge in [0, 0.05) is 18.1 Å². The van der Waals surface area contributed by atoms with E-state index in [-0.39, 0.29) is 11.5 Å². The molecule has 0 unspecified atom stereocenters. The number of hydrogen-bond acceptors (Lipinski definition) is 3. The molecule has 0 bridgehead atoms. The SMILES string of the molecule is CC(C)(C(=O)Nc1ccc(-n2ccnc2)c(Cl)c1)c1cc(F)cc(C#N)c1. The number of nitriles is 1. The van der Waals surface area contributed by atoms with E-state index in [4.69, 9.17) is 16.9 Å². The summed E-state index contributed by atoms with van der Waals surface area (Å²) in [5.41, 5.74) is 0.772. The molecule has 2 aromatic carbocycles. The first kappa shape index (κ1) is 18.6. The first-order chi connectivity index (χ1) is 12.8. The van der Waals surface area contributed by atoms with Gasteiger partial charge in [0.05, 0.1) is 34.1 Å². The fourth-order valence-corrected chi connectivity index (χ4v) is 2.91. The molecule has 27 heavy (non-hydrogen) atoms. The highest BCUT2D eigenvalue weighted by atomic mass is 35.5. The van der Waals surface area contributed by atoms with Gasteiger partial charge in [-0.15, -0.1) is 0 Å². The fourth-order valence-electron chi connectivity index (χ4n) is 2.63. The standard InChI is InChI=1S/C20H16ClFN4O/c1-20(2,14-7-13(11-23)8-15(22)9-14)19(27)25-16-3-4-18(17(21)10-16)26-6-5-24-12-26/h3-10,12H,1-2H3,(H,25,27). The minimum atomic E-state index is -1.05. The van der Waals surface area contributed by atoms with Crippen LogP contribution in [0.2, 0.25) is 5.02 Å². The molecule has 0 atom stereocenters. The summed E-state index contributed by atoms with van der Waals surface area (Å²) >= 11 is 6.31. The van der Waals surface area contributed by atoms with Crippen LogP contribution in [0.4, 0.5) is 10.1 Å². The van der Waals surface area contributed by atoms with Crippen LogP contribution in [0.25, 0.3) is 5.69 Å². The second-order valence-electron chi connectivity index (χ2n) is 6.56. The van der Waals surface area contributed by atoms with Crippen LogP contribution >= 0.6 is 11.6 Å². The van der Waals surface area contributed by atoms with Crippen molar-refractivity contribution in [1.29, 1.82) is 5.26 Å². The number of carbonyl (C=O) groups is 1. The summed E-state index contributed by atoms with van der Waals surface area (Å²) in [6.07, 6.45) is 5.03. The maximum atomic E-state index is 13.8. The monoisotopic (exact) mass is 382 g/mol. The van der Waals surface area contributed by atoms with Crippen molar-refractivity contribution >= 4 is 23.2 Å². The molecule has 3 aromatic rings. The number of halogens is 2. The summed E-state index contributed by atoms with van der Waals surface area (Å²) in [6.45, 7) is 3.33. The first-order valence-corrected chi connectivity index (χ1v) is 8.49. The van der Waals surface area contributed by atoms with E-state index in [1.54, 1.807) is 55.3 Å². The van der Waals surface area contributed by atoms with Crippen molar-refractivity contribution in [2.75, 3.05) is 5.32 Å². The molecule has 0 saturated heterocycles. The molecular weight excluding hydrogens is 367 g/mol. The molecule has 3 rings (SSSR count). The number of amides is 1. The fraction of sp³-hybridized carbons (Fsp3) is 0.150. The van der Waals surface area contributed by atoms with Gasteiger partial charge in [0.15, 0.2) is 0 Å². The van der Waals surface area contributed by atoms with Crippen molar-refractivity contribution < 1.29 is 9.18 Å². The third kappa shape index (κ3) is 3.83. The number of carbonyl (C=O) groups excluding carboxylic acids is 1. The first-order valence-electron chi connectivity index (χ1n) is 8.12. The molecule has 0 fully saturated rings.